The van der Waals surface area contributed by atoms with Crippen molar-refractivity contribution in [3.05, 3.63) is 59.7 Å². The van der Waals surface area contributed by atoms with E-state index in [0.29, 0.717) is 17.1 Å². The number of carbonyl (C=O) groups excluding carboxylic acids is 1. The van der Waals surface area contributed by atoms with Crippen molar-refractivity contribution in [2.75, 3.05) is 6.79 Å². The van der Waals surface area contributed by atoms with E-state index in [-0.39, 0.29) is 19.1 Å². The molecule has 0 spiro atoms. The van der Waals surface area contributed by atoms with Gasteiger partial charge in [-0.1, -0.05) is 36.4 Å². The highest BCUT2D eigenvalue weighted by molar-refractivity contribution is 7.88. The van der Waals surface area contributed by atoms with Crippen LogP contribution in [0.5, 0.6) is 11.5 Å². The Morgan fingerprint density at radius 2 is 1.81 bits per heavy atom. The van der Waals surface area contributed by atoms with Crippen LogP contribution in [0, 0.1) is 0 Å². The van der Waals surface area contributed by atoms with Crippen LogP contribution in [0.1, 0.15) is 18.1 Å². The predicted molar refractivity (Wildman–Crippen MR) is 96.1 cm³/mol. The number of carbonyl (C=O) groups is 1. The summed E-state index contributed by atoms with van der Waals surface area (Å²) in [5.74, 6) is 0.725. The summed E-state index contributed by atoms with van der Waals surface area (Å²) in [6, 6.07) is 13.3. The fourth-order valence-corrected chi connectivity index (χ4v) is 3.91. The second-order valence-corrected chi connectivity index (χ2v) is 7.74. The molecule has 2 aromatic rings. The molecule has 0 aromatic heterocycles. The summed E-state index contributed by atoms with van der Waals surface area (Å²) in [5, 5.41) is 2.71. The van der Waals surface area contributed by atoms with Crippen LogP contribution in [0.2, 0.25) is 0 Å². The normalized spacial score (nSPS) is 14.0. The van der Waals surface area contributed by atoms with E-state index >= 15 is 0 Å². The fourth-order valence-electron chi connectivity index (χ4n) is 2.55. The average Bonchev–Trinajstić information content (AvgIpc) is 3.07. The van der Waals surface area contributed by atoms with E-state index in [0.717, 1.165) is 5.56 Å². The zero-order chi connectivity index (χ0) is 18.6. The van der Waals surface area contributed by atoms with Crippen LogP contribution >= 0.6 is 0 Å². The molecular formula is C18H20N2O5S. The van der Waals surface area contributed by atoms with E-state index in [4.69, 9.17) is 9.47 Å². The van der Waals surface area contributed by atoms with Crippen LogP contribution in [0.3, 0.4) is 0 Å². The number of fused-ring (bicyclic) bond motifs is 1. The minimum absolute atomic E-state index is 0.173. The zero-order valence-electron chi connectivity index (χ0n) is 14.3. The molecule has 1 atom stereocenters. The molecule has 1 aliphatic heterocycles. The molecule has 7 nitrogen and oxygen atoms in total. The molecule has 26 heavy (non-hydrogen) atoms. The molecule has 0 saturated heterocycles. The van der Waals surface area contributed by atoms with Gasteiger partial charge in [-0.3, -0.25) is 4.79 Å². The Kier molecular flexibility index (Phi) is 5.43. The Hall–Kier alpha value is -2.58. The summed E-state index contributed by atoms with van der Waals surface area (Å²) in [6.07, 6.45) is 0. The lowest BCUT2D eigenvalue weighted by molar-refractivity contribution is -0.122. The standard InChI is InChI=1S/C18H20N2O5S/c1-13(20-26(22,23)11-14-5-3-2-4-6-14)18(21)19-10-15-7-8-16-17(9-15)25-12-24-16/h2-9,13,20H,10-12H2,1H3,(H,19,21)/t13-/m1/s1. The molecule has 1 aliphatic rings. The van der Waals surface area contributed by atoms with Gasteiger partial charge in [0.05, 0.1) is 11.8 Å². The van der Waals surface area contributed by atoms with E-state index in [1.54, 1.807) is 36.4 Å². The molecule has 1 amide bonds. The number of amides is 1. The zero-order valence-corrected chi connectivity index (χ0v) is 15.1. The topological polar surface area (TPSA) is 93.7 Å². The monoisotopic (exact) mass is 376 g/mol. The number of ether oxygens (including phenoxy) is 2. The van der Waals surface area contributed by atoms with Gasteiger partial charge in [-0.25, -0.2) is 13.1 Å². The average molecular weight is 376 g/mol. The number of benzene rings is 2. The van der Waals surface area contributed by atoms with Crippen molar-refractivity contribution in [1.29, 1.82) is 0 Å². The van der Waals surface area contributed by atoms with Gasteiger partial charge >= 0.3 is 0 Å². The summed E-state index contributed by atoms with van der Waals surface area (Å²) in [7, 11) is -3.62. The fraction of sp³-hybridized carbons (Fsp3) is 0.278. The number of sulfonamides is 1. The summed E-state index contributed by atoms with van der Waals surface area (Å²) in [5.41, 5.74) is 1.50. The van der Waals surface area contributed by atoms with Gasteiger partial charge in [-0.05, 0) is 30.2 Å². The van der Waals surface area contributed by atoms with Gasteiger partial charge in [0.15, 0.2) is 11.5 Å². The second kappa shape index (κ2) is 7.76. The highest BCUT2D eigenvalue weighted by Gasteiger charge is 2.21. The van der Waals surface area contributed by atoms with E-state index in [1.165, 1.54) is 6.92 Å². The molecule has 0 unspecified atom stereocenters. The van der Waals surface area contributed by atoms with Gasteiger partial charge in [-0.15, -0.1) is 0 Å². The third-order valence-corrected chi connectivity index (χ3v) is 5.28. The van der Waals surface area contributed by atoms with Crippen molar-refractivity contribution in [2.45, 2.75) is 25.3 Å². The van der Waals surface area contributed by atoms with Gasteiger partial charge in [0, 0.05) is 6.54 Å². The van der Waals surface area contributed by atoms with Crippen LogP contribution in [-0.4, -0.2) is 27.2 Å². The SMILES string of the molecule is C[C@@H](NS(=O)(=O)Cc1ccccc1)C(=O)NCc1ccc2c(c1)OCO2. The van der Waals surface area contributed by atoms with Crippen LogP contribution in [-0.2, 0) is 27.1 Å². The first-order chi connectivity index (χ1) is 12.4. The van der Waals surface area contributed by atoms with Crippen molar-refractivity contribution in [3.8, 4) is 11.5 Å². The third kappa shape index (κ3) is 4.74. The van der Waals surface area contributed by atoms with Gasteiger partial charge in [0.1, 0.15) is 0 Å². The number of nitrogens with one attached hydrogen (secondary N) is 2. The second-order valence-electron chi connectivity index (χ2n) is 5.99. The Bertz CT molecular complexity index is 884. The molecule has 3 rings (SSSR count). The summed E-state index contributed by atoms with van der Waals surface area (Å²) < 4.78 is 37.3. The molecule has 0 radical (unpaired) electrons. The van der Waals surface area contributed by atoms with Crippen molar-refractivity contribution in [3.63, 3.8) is 0 Å². The molecule has 0 bridgehead atoms. The number of hydrogen-bond acceptors (Lipinski definition) is 5. The summed E-state index contributed by atoms with van der Waals surface area (Å²) >= 11 is 0. The smallest absolute Gasteiger partial charge is 0.238 e. The largest absolute Gasteiger partial charge is 0.454 e. The van der Waals surface area contributed by atoms with Gasteiger partial charge < -0.3 is 14.8 Å². The number of rotatable bonds is 7. The first-order valence-electron chi connectivity index (χ1n) is 8.13. The van der Waals surface area contributed by atoms with Crippen LogP contribution < -0.4 is 19.5 Å². The molecule has 1 heterocycles. The molecule has 2 N–H and O–H groups in total. The van der Waals surface area contributed by atoms with Crippen LogP contribution in [0.25, 0.3) is 0 Å². The van der Waals surface area contributed by atoms with Crippen molar-refractivity contribution in [1.82, 2.24) is 10.0 Å². The lowest BCUT2D eigenvalue weighted by atomic mass is 10.2. The molecule has 2 aromatic carbocycles. The maximum absolute atomic E-state index is 12.2. The van der Waals surface area contributed by atoms with Gasteiger partial charge in [-0.2, -0.15) is 0 Å². The molecule has 0 saturated carbocycles. The minimum Gasteiger partial charge on any atom is -0.454 e. The number of hydrogen-bond donors (Lipinski definition) is 2. The molecule has 0 aliphatic carbocycles. The van der Waals surface area contributed by atoms with Crippen LogP contribution in [0.4, 0.5) is 0 Å². The summed E-state index contributed by atoms with van der Waals surface area (Å²) in [4.78, 5) is 12.2. The van der Waals surface area contributed by atoms with E-state index in [1.807, 2.05) is 12.1 Å². The Balaban J connectivity index is 1.52. The van der Waals surface area contributed by atoms with Crippen molar-refractivity contribution < 1.29 is 22.7 Å². The van der Waals surface area contributed by atoms with Crippen molar-refractivity contribution in [2.24, 2.45) is 0 Å². The van der Waals surface area contributed by atoms with Gasteiger partial charge in [0.25, 0.3) is 0 Å². The Labute approximate surface area is 152 Å². The Morgan fingerprint density at radius 1 is 1.08 bits per heavy atom. The maximum atomic E-state index is 12.2. The highest BCUT2D eigenvalue weighted by atomic mass is 32.2. The molecule has 0 fully saturated rings. The molecule has 8 heteroatoms. The minimum atomic E-state index is -3.62. The molecule has 138 valence electrons. The quantitative estimate of drug-likeness (QED) is 0.765. The van der Waals surface area contributed by atoms with E-state index in [9.17, 15) is 13.2 Å². The predicted octanol–water partition coefficient (Wildman–Crippen LogP) is 1.54. The third-order valence-electron chi connectivity index (χ3n) is 3.85. The first-order valence-corrected chi connectivity index (χ1v) is 9.78. The molecular weight excluding hydrogens is 356 g/mol. The van der Waals surface area contributed by atoms with Crippen LogP contribution in [0.15, 0.2) is 48.5 Å². The Morgan fingerprint density at radius 3 is 2.58 bits per heavy atom. The van der Waals surface area contributed by atoms with E-state index < -0.39 is 22.0 Å². The van der Waals surface area contributed by atoms with Crippen molar-refractivity contribution >= 4 is 15.9 Å². The lowest BCUT2D eigenvalue weighted by Crippen LogP contribution is -2.44. The van der Waals surface area contributed by atoms with E-state index in [2.05, 4.69) is 10.0 Å². The first kappa shape index (κ1) is 18.2. The van der Waals surface area contributed by atoms with Gasteiger partial charge in [0.2, 0.25) is 22.7 Å². The highest BCUT2D eigenvalue weighted by Crippen LogP contribution is 2.32. The maximum Gasteiger partial charge on any atom is 0.238 e. The lowest BCUT2D eigenvalue weighted by Gasteiger charge is -2.14. The summed E-state index contributed by atoms with van der Waals surface area (Å²) in [6.45, 7) is 1.96.